The molecule has 0 unspecified atom stereocenters. The highest BCUT2D eigenvalue weighted by molar-refractivity contribution is 7.71. The van der Waals surface area contributed by atoms with E-state index in [1.54, 1.807) is 12.1 Å². The second kappa shape index (κ2) is 2.28. The summed E-state index contributed by atoms with van der Waals surface area (Å²) in [5.41, 5.74) is 0.666. The van der Waals surface area contributed by atoms with Crippen molar-refractivity contribution in [3.05, 3.63) is 22.1 Å². The fourth-order valence-corrected chi connectivity index (χ4v) is 1.10. The molecule has 0 saturated carbocycles. The van der Waals surface area contributed by atoms with Crippen LogP contribution in [0.3, 0.4) is 0 Å². The number of H-pyrrole nitrogens is 1. The van der Waals surface area contributed by atoms with Crippen LogP contribution >= 0.6 is 23.8 Å². The predicted molar refractivity (Wildman–Crippen MR) is 43.2 cm³/mol. The molecule has 1 N–H and O–H groups in total. The largest absolute Gasteiger partial charge is 0.250 e. The topological polar surface area (TPSA) is 46.0 Å². The molecule has 2 aromatic heterocycles. The van der Waals surface area contributed by atoms with E-state index in [4.69, 9.17) is 23.8 Å². The van der Waals surface area contributed by atoms with Crippen LogP contribution in [0.5, 0.6) is 0 Å². The Morgan fingerprint density at radius 2 is 2.36 bits per heavy atom. The highest BCUT2D eigenvalue weighted by Crippen LogP contribution is 2.04. The van der Waals surface area contributed by atoms with E-state index >= 15 is 0 Å². The quantitative estimate of drug-likeness (QED) is 0.634. The van der Waals surface area contributed by atoms with Crippen molar-refractivity contribution in [3.63, 3.8) is 0 Å². The second-order valence-corrected chi connectivity index (χ2v) is 2.73. The van der Waals surface area contributed by atoms with Gasteiger partial charge in [0.1, 0.15) is 5.15 Å². The summed E-state index contributed by atoms with van der Waals surface area (Å²) in [5, 5.41) is 10.8. The van der Waals surface area contributed by atoms with Crippen LogP contribution < -0.4 is 0 Å². The molecule has 2 heterocycles. The first kappa shape index (κ1) is 6.75. The molecule has 0 bridgehead atoms. The van der Waals surface area contributed by atoms with Gasteiger partial charge in [-0.2, -0.15) is 14.7 Å². The average Bonchev–Trinajstić information content (AvgIpc) is 2.33. The van der Waals surface area contributed by atoms with Gasteiger partial charge in [0.2, 0.25) is 4.77 Å². The minimum Gasteiger partial charge on any atom is -0.250 e. The van der Waals surface area contributed by atoms with E-state index in [1.165, 1.54) is 4.52 Å². The fourth-order valence-electron chi connectivity index (χ4n) is 0.781. The molecule has 0 aliphatic heterocycles. The van der Waals surface area contributed by atoms with Gasteiger partial charge < -0.3 is 0 Å². The SMILES string of the molecule is S=c1[nH]nc2ccc(Cl)nn12. The number of rotatable bonds is 0. The van der Waals surface area contributed by atoms with E-state index in [2.05, 4.69) is 15.3 Å². The van der Waals surface area contributed by atoms with E-state index < -0.39 is 0 Å². The van der Waals surface area contributed by atoms with Crippen molar-refractivity contribution < 1.29 is 0 Å². The van der Waals surface area contributed by atoms with Crippen LogP contribution in [0.2, 0.25) is 5.15 Å². The Morgan fingerprint density at radius 1 is 1.55 bits per heavy atom. The second-order valence-electron chi connectivity index (χ2n) is 1.95. The third-order valence-corrected chi connectivity index (χ3v) is 1.71. The Kier molecular flexibility index (Phi) is 1.40. The average molecular weight is 187 g/mol. The smallest absolute Gasteiger partial charge is 0.216 e. The zero-order chi connectivity index (χ0) is 7.84. The summed E-state index contributed by atoms with van der Waals surface area (Å²) in [5.74, 6) is 0. The van der Waals surface area contributed by atoms with Gasteiger partial charge >= 0.3 is 0 Å². The van der Waals surface area contributed by atoms with Crippen LogP contribution in [0.25, 0.3) is 5.65 Å². The maximum absolute atomic E-state index is 5.63. The van der Waals surface area contributed by atoms with Crippen LogP contribution in [0.4, 0.5) is 0 Å². The lowest BCUT2D eigenvalue weighted by atomic mass is 10.6. The Labute approximate surface area is 71.8 Å². The van der Waals surface area contributed by atoms with E-state index in [0.717, 1.165) is 0 Å². The molecule has 2 rings (SSSR count). The molecule has 0 aliphatic rings. The molecule has 0 spiro atoms. The summed E-state index contributed by atoms with van der Waals surface area (Å²) in [4.78, 5) is 0. The van der Waals surface area contributed by atoms with Crippen molar-refractivity contribution in [2.24, 2.45) is 0 Å². The lowest BCUT2D eigenvalue weighted by molar-refractivity contribution is 0.910. The molecule has 0 saturated heterocycles. The van der Waals surface area contributed by atoms with Crippen molar-refractivity contribution in [2.75, 3.05) is 0 Å². The summed E-state index contributed by atoms with van der Waals surface area (Å²) in [6.07, 6.45) is 0. The number of nitrogens with one attached hydrogen (secondary N) is 1. The number of nitrogens with zero attached hydrogens (tertiary/aromatic N) is 3. The first-order valence-electron chi connectivity index (χ1n) is 2.87. The summed E-state index contributed by atoms with van der Waals surface area (Å²) in [7, 11) is 0. The molecule has 2 aromatic rings. The van der Waals surface area contributed by atoms with E-state index in [-0.39, 0.29) is 0 Å². The Bertz CT molecular complexity index is 445. The monoisotopic (exact) mass is 186 g/mol. The van der Waals surface area contributed by atoms with Crippen LogP contribution in [0.1, 0.15) is 0 Å². The maximum Gasteiger partial charge on any atom is 0.216 e. The van der Waals surface area contributed by atoms with Gasteiger partial charge in [0, 0.05) is 0 Å². The normalized spacial score (nSPS) is 10.6. The minimum absolute atomic E-state index is 0.398. The van der Waals surface area contributed by atoms with Crippen molar-refractivity contribution in [2.45, 2.75) is 0 Å². The van der Waals surface area contributed by atoms with Gasteiger partial charge in [0.05, 0.1) is 0 Å². The molecule has 11 heavy (non-hydrogen) atoms. The van der Waals surface area contributed by atoms with Crippen LogP contribution in [-0.2, 0) is 0 Å². The highest BCUT2D eigenvalue weighted by atomic mass is 35.5. The first-order chi connectivity index (χ1) is 5.27. The van der Waals surface area contributed by atoms with Gasteiger partial charge in [-0.3, -0.25) is 0 Å². The summed E-state index contributed by atoms with van der Waals surface area (Å²) >= 11 is 10.5. The van der Waals surface area contributed by atoms with Crippen molar-refractivity contribution >= 4 is 29.5 Å². The van der Waals surface area contributed by atoms with Crippen molar-refractivity contribution in [1.82, 2.24) is 19.8 Å². The van der Waals surface area contributed by atoms with Crippen LogP contribution in [0.15, 0.2) is 12.1 Å². The van der Waals surface area contributed by atoms with Crippen LogP contribution in [0, 0.1) is 4.77 Å². The van der Waals surface area contributed by atoms with E-state index in [0.29, 0.717) is 15.6 Å². The molecule has 0 radical (unpaired) electrons. The minimum atomic E-state index is 0.398. The molecule has 56 valence electrons. The number of halogens is 1. The Hall–Kier alpha value is -0.940. The zero-order valence-corrected chi connectivity index (χ0v) is 6.85. The van der Waals surface area contributed by atoms with Gasteiger partial charge in [0.25, 0.3) is 0 Å². The molecule has 0 aromatic carbocycles. The Morgan fingerprint density at radius 3 is 3.18 bits per heavy atom. The number of hydrogen-bond acceptors (Lipinski definition) is 3. The number of aromatic amines is 1. The zero-order valence-electron chi connectivity index (χ0n) is 5.28. The maximum atomic E-state index is 5.63. The third kappa shape index (κ3) is 1.02. The molecule has 4 nitrogen and oxygen atoms in total. The summed E-state index contributed by atoms with van der Waals surface area (Å²) in [6.45, 7) is 0. The Balaban J connectivity index is 2.99. The van der Waals surface area contributed by atoms with Gasteiger partial charge in [-0.25, -0.2) is 5.10 Å². The molecular formula is C5H3ClN4S. The summed E-state index contributed by atoms with van der Waals surface area (Å²) in [6, 6.07) is 3.40. The number of aromatic nitrogens is 4. The van der Waals surface area contributed by atoms with Gasteiger partial charge in [0.15, 0.2) is 5.65 Å². The van der Waals surface area contributed by atoms with E-state index in [1.807, 2.05) is 0 Å². The van der Waals surface area contributed by atoms with Gasteiger partial charge in [-0.15, -0.1) is 0 Å². The molecule has 0 aliphatic carbocycles. The molecule has 0 atom stereocenters. The number of fused-ring (bicyclic) bond motifs is 1. The van der Waals surface area contributed by atoms with Crippen LogP contribution in [-0.4, -0.2) is 19.8 Å². The lowest BCUT2D eigenvalue weighted by Crippen LogP contribution is -1.90. The standard InChI is InChI=1S/C5H3ClN4S/c6-3-1-2-4-7-8-5(11)10(4)9-3/h1-2H,(H,8,11). The lowest BCUT2D eigenvalue weighted by Gasteiger charge is -1.89. The predicted octanol–water partition coefficient (Wildman–Crippen LogP) is 1.44. The van der Waals surface area contributed by atoms with Crippen molar-refractivity contribution in [3.8, 4) is 0 Å². The first-order valence-corrected chi connectivity index (χ1v) is 3.66. The van der Waals surface area contributed by atoms with Gasteiger partial charge in [-0.05, 0) is 24.4 Å². The van der Waals surface area contributed by atoms with E-state index in [9.17, 15) is 0 Å². The molecule has 0 fully saturated rings. The summed E-state index contributed by atoms with van der Waals surface area (Å²) < 4.78 is 1.92. The molecule has 6 heteroatoms. The molecular weight excluding hydrogens is 184 g/mol. The highest BCUT2D eigenvalue weighted by Gasteiger charge is 1.96. The fraction of sp³-hybridized carbons (Fsp3) is 0. The molecule has 0 amide bonds. The third-order valence-electron chi connectivity index (χ3n) is 1.24. The number of hydrogen-bond donors (Lipinski definition) is 1. The van der Waals surface area contributed by atoms with Gasteiger partial charge in [-0.1, -0.05) is 11.6 Å². The van der Waals surface area contributed by atoms with Crippen molar-refractivity contribution in [1.29, 1.82) is 0 Å².